The SMILES string of the molecule is CCCOC1CCCN(C(=O)NCC(C)CCC(=O)O)C1. The molecule has 0 saturated carbocycles. The predicted molar refractivity (Wildman–Crippen MR) is 80.3 cm³/mol. The fourth-order valence-corrected chi connectivity index (χ4v) is 2.39. The number of piperidine rings is 1. The normalized spacial score (nSPS) is 20.1. The molecule has 6 heteroatoms. The van der Waals surface area contributed by atoms with E-state index in [1.54, 1.807) is 4.90 Å². The van der Waals surface area contributed by atoms with Gasteiger partial charge in [0.2, 0.25) is 0 Å². The van der Waals surface area contributed by atoms with Gasteiger partial charge in [0.25, 0.3) is 0 Å². The number of carbonyl (C=O) groups is 2. The third kappa shape index (κ3) is 7.32. The van der Waals surface area contributed by atoms with E-state index in [4.69, 9.17) is 9.84 Å². The van der Waals surface area contributed by atoms with Gasteiger partial charge in [0.1, 0.15) is 0 Å². The number of amides is 2. The zero-order valence-electron chi connectivity index (χ0n) is 13.1. The largest absolute Gasteiger partial charge is 0.481 e. The van der Waals surface area contributed by atoms with Crippen LogP contribution in [0.15, 0.2) is 0 Å². The van der Waals surface area contributed by atoms with Crippen molar-refractivity contribution >= 4 is 12.0 Å². The molecule has 0 aromatic rings. The van der Waals surface area contributed by atoms with Crippen molar-refractivity contribution in [2.75, 3.05) is 26.2 Å². The van der Waals surface area contributed by atoms with Crippen LogP contribution in [0.1, 0.15) is 46.0 Å². The molecule has 0 radical (unpaired) electrons. The summed E-state index contributed by atoms with van der Waals surface area (Å²) < 4.78 is 5.72. The van der Waals surface area contributed by atoms with Crippen molar-refractivity contribution in [1.29, 1.82) is 0 Å². The van der Waals surface area contributed by atoms with E-state index in [0.717, 1.165) is 32.4 Å². The van der Waals surface area contributed by atoms with Crippen molar-refractivity contribution in [2.24, 2.45) is 5.92 Å². The van der Waals surface area contributed by atoms with Gasteiger partial charge < -0.3 is 20.1 Å². The Balaban J connectivity index is 2.25. The van der Waals surface area contributed by atoms with Gasteiger partial charge >= 0.3 is 12.0 Å². The molecule has 2 amide bonds. The van der Waals surface area contributed by atoms with Gasteiger partial charge in [-0.15, -0.1) is 0 Å². The van der Waals surface area contributed by atoms with Gasteiger partial charge in [0, 0.05) is 32.7 Å². The summed E-state index contributed by atoms with van der Waals surface area (Å²) in [5.41, 5.74) is 0. The van der Waals surface area contributed by atoms with Gasteiger partial charge in [-0.2, -0.15) is 0 Å². The van der Waals surface area contributed by atoms with E-state index in [9.17, 15) is 9.59 Å². The summed E-state index contributed by atoms with van der Waals surface area (Å²) in [6, 6.07) is -0.0676. The molecule has 6 nitrogen and oxygen atoms in total. The predicted octanol–water partition coefficient (Wildman–Crippen LogP) is 2.09. The Morgan fingerprint density at radius 1 is 1.48 bits per heavy atom. The van der Waals surface area contributed by atoms with Crippen LogP contribution in [0, 0.1) is 5.92 Å². The summed E-state index contributed by atoms with van der Waals surface area (Å²) in [5, 5.41) is 11.5. The molecule has 1 aliphatic heterocycles. The highest BCUT2D eigenvalue weighted by Gasteiger charge is 2.24. The fourth-order valence-electron chi connectivity index (χ4n) is 2.39. The zero-order chi connectivity index (χ0) is 15.7. The lowest BCUT2D eigenvalue weighted by Gasteiger charge is -2.33. The minimum Gasteiger partial charge on any atom is -0.481 e. The van der Waals surface area contributed by atoms with Gasteiger partial charge in [-0.25, -0.2) is 4.79 Å². The quantitative estimate of drug-likeness (QED) is 0.719. The number of hydrogen-bond donors (Lipinski definition) is 2. The number of nitrogens with zero attached hydrogens (tertiary/aromatic N) is 1. The van der Waals surface area contributed by atoms with Gasteiger partial charge in [-0.05, 0) is 31.6 Å². The van der Waals surface area contributed by atoms with Crippen LogP contribution >= 0.6 is 0 Å². The molecule has 0 spiro atoms. The Morgan fingerprint density at radius 3 is 2.90 bits per heavy atom. The molecule has 1 fully saturated rings. The number of hydrogen-bond acceptors (Lipinski definition) is 3. The number of aliphatic carboxylic acids is 1. The lowest BCUT2D eigenvalue weighted by molar-refractivity contribution is -0.137. The lowest BCUT2D eigenvalue weighted by Crippen LogP contribution is -2.48. The van der Waals surface area contributed by atoms with Crippen LogP contribution in [0.4, 0.5) is 4.79 Å². The Kier molecular flexibility index (Phi) is 8.12. The second kappa shape index (κ2) is 9.60. The van der Waals surface area contributed by atoms with E-state index in [1.807, 2.05) is 6.92 Å². The first kappa shape index (κ1) is 17.8. The topological polar surface area (TPSA) is 78.9 Å². The molecule has 0 aliphatic carbocycles. The van der Waals surface area contributed by atoms with Gasteiger partial charge in [0.15, 0.2) is 0 Å². The average Bonchev–Trinajstić information content (AvgIpc) is 2.48. The van der Waals surface area contributed by atoms with Crippen LogP contribution in [0.3, 0.4) is 0 Å². The molecule has 2 unspecified atom stereocenters. The molecule has 2 atom stereocenters. The Labute approximate surface area is 126 Å². The van der Waals surface area contributed by atoms with Crippen LogP contribution in [-0.4, -0.2) is 54.4 Å². The first-order valence-corrected chi connectivity index (χ1v) is 7.89. The lowest BCUT2D eigenvalue weighted by atomic mass is 10.1. The summed E-state index contributed by atoms with van der Waals surface area (Å²) in [5.74, 6) is -0.623. The third-order valence-corrected chi connectivity index (χ3v) is 3.68. The second-order valence-electron chi connectivity index (χ2n) is 5.80. The molecule has 122 valence electrons. The van der Waals surface area contributed by atoms with Crippen LogP contribution in [0.2, 0.25) is 0 Å². The molecule has 1 aliphatic rings. The van der Waals surface area contributed by atoms with Crippen molar-refractivity contribution < 1.29 is 19.4 Å². The number of ether oxygens (including phenoxy) is 1. The number of carbonyl (C=O) groups excluding carboxylic acids is 1. The minimum atomic E-state index is -0.792. The van der Waals surface area contributed by atoms with Crippen molar-refractivity contribution in [2.45, 2.75) is 52.1 Å². The van der Waals surface area contributed by atoms with E-state index in [0.29, 0.717) is 19.5 Å². The van der Waals surface area contributed by atoms with Crippen LogP contribution < -0.4 is 5.32 Å². The van der Waals surface area contributed by atoms with Crippen molar-refractivity contribution in [3.05, 3.63) is 0 Å². The Bertz CT molecular complexity index is 336. The number of rotatable bonds is 8. The van der Waals surface area contributed by atoms with Crippen molar-refractivity contribution in [1.82, 2.24) is 10.2 Å². The van der Waals surface area contributed by atoms with E-state index in [-0.39, 0.29) is 24.5 Å². The maximum Gasteiger partial charge on any atom is 0.317 e. The first-order chi connectivity index (χ1) is 10.0. The minimum absolute atomic E-state index is 0.0676. The summed E-state index contributed by atoms with van der Waals surface area (Å²) in [6.45, 7) is 6.70. The van der Waals surface area contributed by atoms with Gasteiger partial charge in [-0.1, -0.05) is 13.8 Å². The monoisotopic (exact) mass is 300 g/mol. The highest BCUT2D eigenvalue weighted by atomic mass is 16.5. The van der Waals surface area contributed by atoms with E-state index in [1.165, 1.54) is 0 Å². The highest BCUT2D eigenvalue weighted by molar-refractivity contribution is 5.74. The van der Waals surface area contributed by atoms with Gasteiger partial charge in [0.05, 0.1) is 6.10 Å². The number of carboxylic acids is 1. The maximum atomic E-state index is 12.1. The third-order valence-electron chi connectivity index (χ3n) is 3.68. The summed E-state index contributed by atoms with van der Waals surface area (Å²) in [6.07, 6.45) is 3.85. The first-order valence-electron chi connectivity index (χ1n) is 7.89. The molecule has 0 aromatic heterocycles. The van der Waals surface area contributed by atoms with Crippen LogP contribution in [0.25, 0.3) is 0 Å². The van der Waals surface area contributed by atoms with Crippen LogP contribution in [0.5, 0.6) is 0 Å². The average molecular weight is 300 g/mol. The second-order valence-corrected chi connectivity index (χ2v) is 5.80. The standard InChI is InChI=1S/C15H28N2O4/c1-3-9-21-13-5-4-8-17(11-13)15(20)16-10-12(2)6-7-14(18)19/h12-13H,3-11H2,1-2H3,(H,16,20)(H,18,19). The molecule has 2 N–H and O–H groups in total. The van der Waals surface area contributed by atoms with Crippen molar-refractivity contribution in [3.8, 4) is 0 Å². The summed E-state index contributed by atoms with van der Waals surface area (Å²) in [7, 11) is 0. The Morgan fingerprint density at radius 2 is 2.24 bits per heavy atom. The fraction of sp³-hybridized carbons (Fsp3) is 0.867. The number of urea groups is 1. The molecule has 0 aromatic carbocycles. The molecule has 0 bridgehead atoms. The summed E-state index contributed by atoms with van der Waals surface area (Å²) >= 11 is 0. The summed E-state index contributed by atoms with van der Waals surface area (Å²) in [4.78, 5) is 24.4. The van der Waals surface area contributed by atoms with Crippen molar-refractivity contribution in [3.63, 3.8) is 0 Å². The molecule has 1 heterocycles. The smallest absolute Gasteiger partial charge is 0.317 e. The Hall–Kier alpha value is -1.30. The number of likely N-dealkylation sites (tertiary alicyclic amines) is 1. The van der Waals surface area contributed by atoms with E-state index >= 15 is 0 Å². The number of nitrogens with one attached hydrogen (secondary N) is 1. The van der Waals surface area contributed by atoms with E-state index < -0.39 is 5.97 Å². The molecular formula is C15H28N2O4. The molecule has 1 rings (SSSR count). The highest BCUT2D eigenvalue weighted by Crippen LogP contribution is 2.14. The van der Waals surface area contributed by atoms with Gasteiger partial charge in [-0.3, -0.25) is 4.79 Å². The van der Waals surface area contributed by atoms with Crippen LogP contribution in [-0.2, 0) is 9.53 Å². The van der Waals surface area contributed by atoms with E-state index in [2.05, 4.69) is 12.2 Å². The molecular weight excluding hydrogens is 272 g/mol. The maximum absolute atomic E-state index is 12.1. The molecule has 21 heavy (non-hydrogen) atoms. The molecule has 1 saturated heterocycles. The number of carboxylic acid groups (broad SMARTS) is 1. The zero-order valence-corrected chi connectivity index (χ0v) is 13.1.